The zero-order valence-electron chi connectivity index (χ0n) is 9.04. The van der Waals surface area contributed by atoms with Crippen molar-refractivity contribution < 1.29 is 9.59 Å². The molecule has 4 nitrogen and oxygen atoms in total. The maximum absolute atomic E-state index is 12.0. The number of carbonyl (C=O) groups excluding carboxylic acids is 2. The van der Waals surface area contributed by atoms with Gasteiger partial charge in [-0.25, -0.2) is 0 Å². The minimum atomic E-state index is -0.453. The Bertz CT molecular complexity index is 546. The molecule has 0 bridgehead atoms. The van der Waals surface area contributed by atoms with Crippen molar-refractivity contribution >= 4 is 18.0 Å². The van der Waals surface area contributed by atoms with Gasteiger partial charge in [0.05, 0.1) is 12.1 Å². The molecule has 2 amide bonds. The van der Waals surface area contributed by atoms with Crippen LogP contribution in [0.3, 0.4) is 0 Å². The summed E-state index contributed by atoms with van der Waals surface area (Å²) >= 11 is 0. The molecule has 0 N–H and O–H groups in total. The van der Waals surface area contributed by atoms with Crippen LogP contribution in [0.15, 0.2) is 47.1 Å². The summed E-state index contributed by atoms with van der Waals surface area (Å²) in [5.74, 6) is -0.848. The van der Waals surface area contributed by atoms with E-state index in [-0.39, 0.29) is 11.8 Å². The maximum Gasteiger partial charge on any atom is 0.259 e. The average Bonchev–Trinajstić information content (AvgIpc) is 2.91. The highest BCUT2D eigenvalue weighted by molar-refractivity contribution is 6.21. The van der Waals surface area contributed by atoms with E-state index in [2.05, 4.69) is 4.99 Å². The van der Waals surface area contributed by atoms with Crippen molar-refractivity contribution in [3.8, 4) is 0 Å². The lowest BCUT2D eigenvalue weighted by atomic mass is 10.1. The van der Waals surface area contributed by atoms with Gasteiger partial charge in [0.15, 0.2) is 0 Å². The second kappa shape index (κ2) is 3.66. The van der Waals surface area contributed by atoms with Crippen LogP contribution in [0.5, 0.6) is 0 Å². The van der Waals surface area contributed by atoms with Crippen LogP contribution in [0.2, 0.25) is 0 Å². The summed E-state index contributed by atoms with van der Waals surface area (Å²) in [5.41, 5.74) is 1.44. The molecule has 4 heteroatoms. The van der Waals surface area contributed by atoms with Crippen molar-refractivity contribution in [2.75, 3.05) is 0 Å². The third-order valence-electron chi connectivity index (χ3n) is 2.99. The number of imide groups is 1. The molecule has 3 rings (SSSR count). The smallest absolute Gasteiger partial charge is 0.259 e. The molecule has 2 aliphatic heterocycles. The number of amides is 2. The van der Waals surface area contributed by atoms with Gasteiger partial charge in [-0.15, -0.1) is 0 Å². The van der Waals surface area contributed by atoms with Gasteiger partial charge >= 0.3 is 0 Å². The third-order valence-corrected chi connectivity index (χ3v) is 2.99. The molecule has 0 radical (unpaired) electrons. The first-order chi connectivity index (χ1) is 8.27. The van der Waals surface area contributed by atoms with Crippen molar-refractivity contribution in [3.05, 3.63) is 47.7 Å². The van der Waals surface area contributed by atoms with E-state index in [0.717, 1.165) is 5.56 Å². The lowest BCUT2D eigenvalue weighted by Crippen LogP contribution is -2.30. The van der Waals surface area contributed by atoms with Crippen LogP contribution in [0.4, 0.5) is 0 Å². The zero-order chi connectivity index (χ0) is 11.8. The Labute approximate surface area is 98.3 Å². The van der Waals surface area contributed by atoms with E-state index in [0.29, 0.717) is 12.1 Å². The second-order valence-corrected chi connectivity index (χ2v) is 4.08. The Morgan fingerprint density at radius 3 is 2.65 bits per heavy atom. The number of rotatable bonds is 2. The van der Waals surface area contributed by atoms with Crippen LogP contribution in [0.1, 0.15) is 5.56 Å². The van der Waals surface area contributed by atoms with Gasteiger partial charge in [-0.2, -0.15) is 0 Å². The zero-order valence-corrected chi connectivity index (χ0v) is 9.04. The van der Waals surface area contributed by atoms with Crippen LogP contribution in [0.25, 0.3) is 0 Å². The normalized spacial score (nSPS) is 22.0. The quantitative estimate of drug-likeness (QED) is 0.710. The van der Waals surface area contributed by atoms with Crippen molar-refractivity contribution in [2.45, 2.75) is 6.54 Å². The largest absolute Gasteiger partial charge is 0.273 e. The summed E-state index contributed by atoms with van der Waals surface area (Å²) in [4.78, 5) is 29.1. The molecule has 0 aliphatic carbocycles. The summed E-state index contributed by atoms with van der Waals surface area (Å²) in [6.45, 7) is 0.334. The molecule has 2 heterocycles. The molecule has 0 spiro atoms. The van der Waals surface area contributed by atoms with Crippen LogP contribution < -0.4 is 0 Å². The molecule has 17 heavy (non-hydrogen) atoms. The molecule has 1 aromatic carbocycles. The number of fused-ring (bicyclic) bond motifs is 1. The van der Waals surface area contributed by atoms with Gasteiger partial charge in [0, 0.05) is 12.4 Å². The Kier molecular flexibility index (Phi) is 2.14. The van der Waals surface area contributed by atoms with E-state index in [1.54, 1.807) is 0 Å². The predicted molar refractivity (Wildman–Crippen MR) is 62.1 cm³/mol. The topological polar surface area (TPSA) is 49.7 Å². The molecule has 0 saturated carbocycles. The highest BCUT2D eigenvalue weighted by Crippen LogP contribution is 2.28. The van der Waals surface area contributed by atoms with E-state index < -0.39 is 5.92 Å². The molecule has 84 valence electrons. The van der Waals surface area contributed by atoms with Gasteiger partial charge in [0.1, 0.15) is 5.92 Å². The van der Waals surface area contributed by atoms with Gasteiger partial charge in [0.2, 0.25) is 5.91 Å². The predicted octanol–water partition coefficient (Wildman–Crippen LogP) is 1.14. The summed E-state index contributed by atoms with van der Waals surface area (Å²) in [6, 6.07) is 9.49. The SMILES string of the molecule is O=C1C2=CN=C[C@@H]2C(=O)N1Cc1ccccc1. The second-order valence-electron chi connectivity index (χ2n) is 4.08. The number of likely N-dealkylation sites (tertiary alicyclic amines) is 1. The fraction of sp³-hybridized carbons (Fsp3) is 0.154. The molecular weight excluding hydrogens is 216 g/mol. The van der Waals surface area contributed by atoms with E-state index in [1.807, 2.05) is 30.3 Å². The molecule has 2 aliphatic rings. The van der Waals surface area contributed by atoms with Gasteiger partial charge in [-0.3, -0.25) is 19.5 Å². The third kappa shape index (κ3) is 1.49. The fourth-order valence-corrected chi connectivity index (χ4v) is 2.09. The number of carbonyl (C=O) groups is 2. The Hall–Kier alpha value is -2.23. The molecule has 1 atom stereocenters. The average molecular weight is 226 g/mol. The van der Waals surface area contributed by atoms with Crippen molar-refractivity contribution in [1.29, 1.82) is 0 Å². The van der Waals surface area contributed by atoms with Gasteiger partial charge in [0.25, 0.3) is 5.91 Å². The highest BCUT2D eigenvalue weighted by atomic mass is 16.2. The molecule has 0 unspecified atom stereocenters. The first-order valence-corrected chi connectivity index (χ1v) is 5.40. The molecule has 0 aromatic heterocycles. The van der Waals surface area contributed by atoms with E-state index in [1.165, 1.54) is 17.3 Å². The van der Waals surface area contributed by atoms with Crippen molar-refractivity contribution in [2.24, 2.45) is 10.9 Å². The molecule has 1 aromatic rings. The maximum atomic E-state index is 12.0. The van der Waals surface area contributed by atoms with Crippen molar-refractivity contribution in [3.63, 3.8) is 0 Å². The highest BCUT2D eigenvalue weighted by Gasteiger charge is 2.43. The number of hydrogen-bond acceptors (Lipinski definition) is 3. The minimum Gasteiger partial charge on any atom is -0.273 e. The van der Waals surface area contributed by atoms with Crippen LogP contribution in [0, 0.1) is 5.92 Å². The lowest BCUT2D eigenvalue weighted by Gasteiger charge is -2.13. The number of hydrogen-bond donors (Lipinski definition) is 0. The first-order valence-electron chi connectivity index (χ1n) is 5.40. The summed E-state index contributed by atoms with van der Waals surface area (Å²) < 4.78 is 0. The Morgan fingerprint density at radius 1 is 1.18 bits per heavy atom. The van der Waals surface area contributed by atoms with Gasteiger partial charge in [-0.05, 0) is 5.56 Å². The Morgan fingerprint density at radius 2 is 1.94 bits per heavy atom. The Balaban J connectivity index is 1.86. The monoisotopic (exact) mass is 226 g/mol. The summed E-state index contributed by atoms with van der Waals surface area (Å²) in [6.07, 6.45) is 3.01. The van der Waals surface area contributed by atoms with Gasteiger partial charge < -0.3 is 0 Å². The number of nitrogens with zero attached hydrogens (tertiary/aromatic N) is 2. The molecule has 1 fully saturated rings. The standard InChI is InChI=1S/C13H10N2O2/c16-12-10-6-14-7-11(10)13(17)15(12)8-9-4-2-1-3-5-9/h1-7,10H,8H2/t10-/m0/s1. The van der Waals surface area contributed by atoms with Crippen molar-refractivity contribution in [1.82, 2.24) is 4.90 Å². The van der Waals surface area contributed by atoms with Crippen LogP contribution in [-0.4, -0.2) is 22.9 Å². The number of benzene rings is 1. The van der Waals surface area contributed by atoms with Crippen LogP contribution in [-0.2, 0) is 16.1 Å². The minimum absolute atomic E-state index is 0.175. The number of aliphatic imine (C=N–C) groups is 1. The summed E-state index contributed by atoms with van der Waals surface area (Å²) in [5, 5.41) is 0. The van der Waals surface area contributed by atoms with Crippen LogP contribution >= 0.6 is 0 Å². The molecule has 1 saturated heterocycles. The van der Waals surface area contributed by atoms with E-state index >= 15 is 0 Å². The van der Waals surface area contributed by atoms with E-state index in [9.17, 15) is 9.59 Å². The fourth-order valence-electron chi connectivity index (χ4n) is 2.09. The molecular formula is C13H10N2O2. The van der Waals surface area contributed by atoms with Gasteiger partial charge in [-0.1, -0.05) is 30.3 Å². The summed E-state index contributed by atoms with van der Waals surface area (Å²) in [7, 11) is 0. The first kappa shape index (κ1) is 9.96. The lowest BCUT2D eigenvalue weighted by molar-refractivity contribution is -0.138. The van der Waals surface area contributed by atoms with E-state index in [4.69, 9.17) is 0 Å².